The molecule has 1 aromatic heterocycles. The zero-order chi connectivity index (χ0) is 16.1. The lowest BCUT2D eigenvalue weighted by Crippen LogP contribution is -2.34. The molecule has 2 amide bonds. The van der Waals surface area contributed by atoms with E-state index in [2.05, 4.69) is 10.3 Å². The molecule has 2 rings (SSSR count). The highest BCUT2D eigenvalue weighted by Gasteiger charge is 2.17. The molecular weight excluding hydrogens is 290 g/mol. The van der Waals surface area contributed by atoms with Gasteiger partial charge in [0.1, 0.15) is 5.69 Å². The topological polar surface area (TPSA) is 114 Å². The van der Waals surface area contributed by atoms with Gasteiger partial charge in [0.2, 0.25) is 0 Å². The highest BCUT2D eigenvalue weighted by Crippen LogP contribution is 2.27. The van der Waals surface area contributed by atoms with Crippen molar-refractivity contribution in [3.8, 4) is 5.75 Å². The minimum absolute atomic E-state index is 0.0209. The van der Waals surface area contributed by atoms with Gasteiger partial charge in [-0.2, -0.15) is 0 Å². The number of carbonyl (C=O) groups excluding carboxylic acids is 2. The maximum absolute atomic E-state index is 11.6. The van der Waals surface area contributed by atoms with Gasteiger partial charge in [-0.25, -0.2) is 0 Å². The molecule has 0 saturated carbocycles. The van der Waals surface area contributed by atoms with Crippen molar-refractivity contribution < 1.29 is 19.2 Å². The standard InChI is InChI=1S/C14H13N3O5/c1-9-4-5-11(17(20)21)12(7-9)22-8-13(18)16-14(19)10-3-2-6-15-10/h2-7,15H,8H2,1H3,(H,16,18,19). The predicted octanol–water partition coefficient (Wildman–Crippen LogP) is 1.57. The van der Waals surface area contributed by atoms with E-state index in [-0.39, 0.29) is 17.1 Å². The van der Waals surface area contributed by atoms with Gasteiger partial charge in [-0.1, -0.05) is 6.07 Å². The Morgan fingerprint density at radius 1 is 1.36 bits per heavy atom. The zero-order valence-electron chi connectivity index (χ0n) is 11.7. The van der Waals surface area contributed by atoms with E-state index in [1.54, 1.807) is 25.3 Å². The highest BCUT2D eigenvalue weighted by atomic mass is 16.6. The van der Waals surface area contributed by atoms with Gasteiger partial charge in [0.25, 0.3) is 11.8 Å². The molecule has 2 N–H and O–H groups in total. The first-order chi connectivity index (χ1) is 10.5. The van der Waals surface area contributed by atoms with Crippen LogP contribution in [0.15, 0.2) is 36.5 Å². The molecule has 8 heteroatoms. The van der Waals surface area contributed by atoms with E-state index in [4.69, 9.17) is 4.74 Å². The third-order valence-corrected chi connectivity index (χ3v) is 2.77. The van der Waals surface area contributed by atoms with Gasteiger partial charge < -0.3 is 9.72 Å². The van der Waals surface area contributed by atoms with Gasteiger partial charge in [-0.3, -0.25) is 25.0 Å². The van der Waals surface area contributed by atoms with E-state index in [9.17, 15) is 19.7 Å². The summed E-state index contributed by atoms with van der Waals surface area (Å²) in [7, 11) is 0. The Bertz CT molecular complexity index is 709. The number of imide groups is 1. The van der Waals surface area contributed by atoms with Gasteiger partial charge in [0.15, 0.2) is 12.4 Å². The first kappa shape index (κ1) is 15.2. The fourth-order valence-electron chi connectivity index (χ4n) is 1.73. The van der Waals surface area contributed by atoms with Crippen molar-refractivity contribution >= 4 is 17.5 Å². The van der Waals surface area contributed by atoms with Gasteiger partial charge >= 0.3 is 5.69 Å². The van der Waals surface area contributed by atoms with Crippen LogP contribution in [0.1, 0.15) is 16.1 Å². The number of benzene rings is 1. The minimum atomic E-state index is -0.699. The van der Waals surface area contributed by atoms with E-state index in [1.165, 1.54) is 18.2 Å². The molecule has 0 fully saturated rings. The van der Waals surface area contributed by atoms with Crippen LogP contribution in [0.2, 0.25) is 0 Å². The van der Waals surface area contributed by atoms with Gasteiger partial charge in [-0.05, 0) is 30.7 Å². The second-order valence-electron chi connectivity index (χ2n) is 4.48. The third-order valence-electron chi connectivity index (χ3n) is 2.77. The lowest BCUT2D eigenvalue weighted by Gasteiger charge is -2.07. The molecule has 0 saturated heterocycles. The zero-order valence-corrected chi connectivity index (χ0v) is 11.7. The van der Waals surface area contributed by atoms with Crippen LogP contribution in [0.4, 0.5) is 5.69 Å². The van der Waals surface area contributed by atoms with Crippen LogP contribution in [-0.2, 0) is 4.79 Å². The quantitative estimate of drug-likeness (QED) is 0.642. The van der Waals surface area contributed by atoms with Gasteiger partial charge in [-0.15, -0.1) is 0 Å². The molecule has 0 atom stereocenters. The molecule has 0 aliphatic carbocycles. The molecule has 22 heavy (non-hydrogen) atoms. The van der Waals surface area contributed by atoms with Gasteiger partial charge in [0.05, 0.1) is 4.92 Å². The molecule has 1 aromatic carbocycles. The second kappa shape index (κ2) is 6.53. The number of hydrogen-bond donors (Lipinski definition) is 2. The van der Waals surface area contributed by atoms with E-state index in [0.717, 1.165) is 5.56 Å². The van der Waals surface area contributed by atoms with Crippen molar-refractivity contribution in [2.75, 3.05) is 6.61 Å². The molecule has 0 aliphatic rings. The number of nitrogens with one attached hydrogen (secondary N) is 2. The number of aryl methyl sites for hydroxylation is 1. The number of aromatic nitrogens is 1. The summed E-state index contributed by atoms with van der Waals surface area (Å²) in [6.07, 6.45) is 1.55. The lowest BCUT2D eigenvalue weighted by atomic mass is 10.2. The van der Waals surface area contributed by atoms with Crippen LogP contribution >= 0.6 is 0 Å². The van der Waals surface area contributed by atoms with Crippen molar-refractivity contribution in [1.29, 1.82) is 0 Å². The molecule has 8 nitrogen and oxygen atoms in total. The fraction of sp³-hybridized carbons (Fsp3) is 0.143. The summed E-state index contributed by atoms with van der Waals surface area (Å²) in [6, 6.07) is 7.45. The van der Waals surface area contributed by atoms with E-state index >= 15 is 0 Å². The summed E-state index contributed by atoms with van der Waals surface area (Å²) in [4.78, 5) is 36.2. The lowest BCUT2D eigenvalue weighted by molar-refractivity contribution is -0.385. The van der Waals surface area contributed by atoms with E-state index in [0.29, 0.717) is 0 Å². The molecule has 0 aliphatic heterocycles. The van der Waals surface area contributed by atoms with Crippen LogP contribution in [0.25, 0.3) is 0 Å². The normalized spacial score (nSPS) is 10.0. The molecule has 0 bridgehead atoms. The number of hydrogen-bond acceptors (Lipinski definition) is 5. The Morgan fingerprint density at radius 2 is 2.14 bits per heavy atom. The van der Waals surface area contributed by atoms with Crippen LogP contribution in [0, 0.1) is 17.0 Å². The molecule has 2 aromatic rings. The number of H-pyrrole nitrogens is 1. The Morgan fingerprint density at radius 3 is 2.77 bits per heavy atom. The minimum Gasteiger partial charge on any atom is -0.477 e. The highest BCUT2D eigenvalue weighted by molar-refractivity contribution is 6.04. The van der Waals surface area contributed by atoms with Crippen LogP contribution in [-0.4, -0.2) is 28.3 Å². The number of amides is 2. The van der Waals surface area contributed by atoms with Crippen LogP contribution < -0.4 is 10.1 Å². The van der Waals surface area contributed by atoms with Crippen molar-refractivity contribution in [3.63, 3.8) is 0 Å². The monoisotopic (exact) mass is 303 g/mol. The number of nitro groups is 1. The van der Waals surface area contributed by atoms with Gasteiger partial charge in [0, 0.05) is 12.3 Å². The Hall–Kier alpha value is -3.16. The number of carbonyl (C=O) groups is 2. The summed E-state index contributed by atoms with van der Waals surface area (Å²) in [6.45, 7) is 1.24. The molecular formula is C14H13N3O5. The first-order valence-electron chi connectivity index (χ1n) is 6.33. The number of rotatable bonds is 5. The number of nitro benzene ring substituents is 1. The van der Waals surface area contributed by atoms with E-state index in [1.807, 2.05) is 0 Å². The number of ether oxygens (including phenoxy) is 1. The largest absolute Gasteiger partial charge is 0.477 e. The molecule has 0 spiro atoms. The Labute approximate surface area is 125 Å². The molecule has 0 unspecified atom stereocenters. The van der Waals surface area contributed by atoms with Crippen molar-refractivity contribution in [3.05, 3.63) is 57.9 Å². The smallest absolute Gasteiger partial charge is 0.310 e. The SMILES string of the molecule is Cc1ccc([N+](=O)[O-])c(OCC(=O)NC(=O)c2ccc[nH]2)c1. The average Bonchev–Trinajstić information content (AvgIpc) is 2.99. The fourth-order valence-corrected chi connectivity index (χ4v) is 1.73. The van der Waals surface area contributed by atoms with Crippen molar-refractivity contribution in [2.45, 2.75) is 6.92 Å². The maximum atomic E-state index is 11.6. The predicted molar refractivity (Wildman–Crippen MR) is 76.6 cm³/mol. The summed E-state index contributed by atoms with van der Waals surface area (Å²) in [5.41, 5.74) is 0.743. The molecule has 1 heterocycles. The number of aromatic amines is 1. The molecule has 114 valence electrons. The summed E-state index contributed by atoms with van der Waals surface area (Å²) >= 11 is 0. The van der Waals surface area contributed by atoms with Crippen molar-refractivity contribution in [2.24, 2.45) is 0 Å². The first-order valence-corrected chi connectivity index (χ1v) is 6.33. The second-order valence-corrected chi connectivity index (χ2v) is 4.48. The van der Waals surface area contributed by atoms with Crippen molar-refractivity contribution in [1.82, 2.24) is 10.3 Å². The summed E-state index contributed by atoms with van der Waals surface area (Å²) < 4.78 is 5.14. The van der Waals surface area contributed by atoms with Crippen LogP contribution in [0.5, 0.6) is 5.75 Å². The van der Waals surface area contributed by atoms with E-state index < -0.39 is 23.3 Å². The summed E-state index contributed by atoms with van der Waals surface area (Å²) in [5, 5.41) is 13.0. The Balaban J connectivity index is 1.98. The van der Waals surface area contributed by atoms with Crippen LogP contribution in [0.3, 0.4) is 0 Å². The Kier molecular flexibility index (Phi) is 4.52. The average molecular weight is 303 g/mol. The maximum Gasteiger partial charge on any atom is 0.310 e. The molecule has 0 radical (unpaired) electrons. The summed E-state index contributed by atoms with van der Waals surface area (Å²) in [5.74, 6) is -1.32. The third kappa shape index (κ3) is 3.69. The number of nitrogens with zero attached hydrogens (tertiary/aromatic N) is 1.